The molecule has 1 saturated heterocycles. The molecule has 0 amide bonds. The van der Waals surface area contributed by atoms with Crippen LogP contribution in [0.2, 0.25) is 0 Å². The molecule has 1 N–H and O–H groups in total. The molecule has 116 valence electrons. The fourth-order valence-electron chi connectivity index (χ4n) is 3.21. The SMILES string of the molecule is CCNC(C#N)(CC)CCCN1CCCC(C)(C)CC1. The maximum atomic E-state index is 9.43. The van der Waals surface area contributed by atoms with Crippen LogP contribution in [0, 0.1) is 16.7 Å². The molecule has 0 aliphatic carbocycles. The molecule has 20 heavy (non-hydrogen) atoms. The van der Waals surface area contributed by atoms with Crippen LogP contribution in [0.4, 0.5) is 0 Å². The van der Waals surface area contributed by atoms with Crippen LogP contribution in [0.3, 0.4) is 0 Å². The maximum absolute atomic E-state index is 9.43. The molecule has 0 aromatic heterocycles. The van der Waals surface area contributed by atoms with Crippen molar-refractivity contribution in [3.8, 4) is 6.07 Å². The highest BCUT2D eigenvalue weighted by Gasteiger charge is 2.27. The van der Waals surface area contributed by atoms with Crippen molar-refractivity contribution in [3.05, 3.63) is 0 Å². The van der Waals surface area contributed by atoms with Gasteiger partial charge in [0.15, 0.2) is 0 Å². The van der Waals surface area contributed by atoms with Gasteiger partial charge in [0, 0.05) is 0 Å². The first kappa shape index (κ1) is 17.5. The molecule has 0 radical (unpaired) electrons. The highest BCUT2D eigenvalue weighted by Crippen LogP contribution is 2.30. The van der Waals surface area contributed by atoms with Crippen LogP contribution in [0.1, 0.15) is 66.2 Å². The Bertz CT molecular complexity index is 319. The van der Waals surface area contributed by atoms with E-state index < -0.39 is 0 Å². The van der Waals surface area contributed by atoms with Crippen molar-refractivity contribution < 1.29 is 0 Å². The number of hydrogen-bond acceptors (Lipinski definition) is 3. The second-order valence-corrected chi connectivity index (χ2v) is 7.04. The first-order chi connectivity index (χ1) is 9.47. The van der Waals surface area contributed by atoms with E-state index in [2.05, 4.69) is 44.0 Å². The molecule has 1 heterocycles. The van der Waals surface area contributed by atoms with Gasteiger partial charge in [0.2, 0.25) is 0 Å². The molecule has 0 aromatic rings. The van der Waals surface area contributed by atoms with Crippen molar-refractivity contribution in [1.29, 1.82) is 5.26 Å². The lowest BCUT2D eigenvalue weighted by Crippen LogP contribution is -2.43. The van der Waals surface area contributed by atoms with Crippen molar-refractivity contribution >= 4 is 0 Å². The van der Waals surface area contributed by atoms with Gasteiger partial charge in [-0.3, -0.25) is 5.32 Å². The number of nitriles is 1. The minimum atomic E-state index is -0.306. The largest absolute Gasteiger partial charge is 0.303 e. The van der Waals surface area contributed by atoms with E-state index in [1.807, 2.05) is 0 Å². The molecule has 0 bridgehead atoms. The van der Waals surface area contributed by atoms with Crippen molar-refractivity contribution in [3.63, 3.8) is 0 Å². The zero-order valence-corrected chi connectivity index (χ0v) is 14.0. The smallest absolute Gasteiger partial charge is 0.106 e. The summed E-state index contributed by atoms with van der Waals surface area (Å²) >= 11 is 0. The summed E-state index contributed by atoms with van der Waals surface area (Å²) in [6.45, 7) is 13.4. The molecule has 1 rings (SSSR count). The third kappa shape index (κ3) is 5.42. The summed E-state index contributed by atoms with van der Waals surface area (Å²) in [6.07, 6.45) is 6.94. The Morgan fingerprint density at radius 2 is 2.00 bits per heavy atom. The maximum Gasteiger partial charge on any atom is 0.106 e. The second-order valence-electron chi connectivity index (χ2n) is 7.04. The first-order valence-corrected chi connectivity index (χ1v) is 8.35. The summed E-state index contributed by atoms with van der Waals surface area (Å²) in [7, 11) is 0. The molecule has 1 aliphatic heterocycles. The summed E-state index contributed by atoms with van der Waals surface area (Å²) in [5.74, 6) is 0. The quantitative estimate of drug-likeness (QED) is 0.774. The van der Waals surface area contributed by atoms with Gasteiger partial charge in [-0.1, -0.05) is 27.7 Å². The zero-order valence-electron chi connectivity index (χ0n) is 14.0. The average Bonchev–Trinajstić information content (AvgIpc) is 2.59. The molecular formula is C17H33N3. The van der Waals surface area contributed by atoms with Crippen LogP contribution in [0.15, 0.2) is 0 Å². The lowest BCUT2D eigenvalue weighted by molar-refractivity contribution is 0.247. The molecule has 1 aliphatic rings. The molecule has 1 unspecified atom stereocenters. The van der Waals surface area contributed by atoms with Crippen molar-refractivity contribution in [2.75, 3.05) is 26.2 Å². The van der Waals surface area contributed by atoms with Crippen LogP contribution in [-0.4, -0.2) is 36.6 Å². The van der Waals surface area contributed by atoms with Crippen molar-refractivity contribution in [2.45, 2.75) is 71.8 Å². The van der Waals surface area contributed by atoms with Gasteiger partial charge in [0.25, 0.3) is 0 Å². The number of likely N-dealkylation sites (tertiary alicyclic amines) is 1. The van der Waals surface area contributed by atoms with E-state index in [1.54, 1.807) is 0 Å². The molecule has 1 atom stereocenters. The predicted octanol–water partition coefficient (Wildman–Crippen LogP) is 3.56. The van der Waals surface area contributed by atoms with E-state index in [9.17, 15) is 5.26 Å². The van der Waals surface area contributed by atoms with E-state index in [0.29, 0.717) is 5.41 Å². The van der Waals surface area contributed by atoms with Crippen molar-refractivity contribution in [2.24, 2.45) is 5.41 Å². The molecule has 0 spiro atoms. The third-order valence-corrected chi connectivity index (χ3v) is 4.84. The van der Waals surface area contributed by atoms with Gasteiger partial charge in [0.1, 0.15) is 5.54 Å². The highest BCUT2D eigenvalue weighted by atomic mass is 15.1. The van der Waals surface area contributed by atoms with E-state index >= 15 is 0 Å². The second kappa shape index (κ2) is 8.00. The Morgan fingerprint density at radius 1 is 1.25 bits per heavy atom. The Labute approximate surface area is 125 Å². The molecule has 0 aromatic carbocycles. The third-order valence-electron chi connectivity index (χ3n) is 4.84. The van der Waals surface area contributed by atoms with Crippen LogP contribution < -0.4 is 5.32 Å². The lowest BCUT2D eigenvalue weighted by Gasteiger charge is -2.28. The molecule has 3 nitrogen and oxygen atoms in total. The van der Waals surface area contributed by atoms with Crippen LogP contribution >= 0.6 is 0 Å². The van der Waals surface area contributed by atoms with Gasteiger partial charge in [0.05, 0.1) is 6.07 Å². The Hall–Kier alpha value is -0.590. The summed E-state index contributed by atoms with van der Waals surface area (Å²) in [5.41, 5.74) is 0.207. The van der Waals surface area contributed by atoms with E-state index in [4.69, 9.17) is 0 Å². The lowest BCUT2D eigenvalue weighted by atomic mass is 9.85. The summed E-state index contributed by atoms with van der Waals surface area (Å²) in [6, 6.07) is 2.50. The minimum Gasteiger partial charge on any atom is -0.303 e. The number of nitrogens with one attached hydrogen (secondary N) is 1. The monoisotopic (exact) mass is 279 g/mol. The highest BCUT2D eigenvalue weighted by molar-refractivity contribution is 5.06. The van der Waals surface area contributed by atoms with E-state index in [1.165, 1.54) is 32.4 Å². The average molecular weight is 279 g/mol. The molecule has 0 saturated carbocycles. The first-order valence-electron chi connectivity index (χ1n) is 8.35. The Balaban J connectivity index is 2.38. The fraction of sp³-hybridized carbons (Fsp3) is 0.941. The summed E-state index contributed by atoms with van der Waals surface area (Å²) in [4.78, 5) is 2.60. The number of nitrogens with zero attached hydrogens (tertiary/aromatic N) is 2. The Morgan fingerprint density at radius 3 is 2.60 bits per heavy atom. The molecular weight excluding hydrogens is 246 g/mol. The van der Waals surface area contributed by atoms with Gasteiger partial charge in [-0.15, -0.1) is 0 Å². The number of hydrogen-bond donors (Lipinski definition) is 1. The van der Waals surface area contributed by atoms with E-state index in [0.717, 1.165) is 32.4 Å². The van der Waals surface area contributed by atoms with Gasteiger partial charge in [-0.05, 0) is 70.1 Å². The molecule has 3 heteroatoms. The summed E-state index contributed by atoms with van der Waals surface area (Å²) in [5, 5.41) is 12.8. The zero-order chi connectivity index (χ0) is 15.1. The number of rotatable bonds is 7. The standard InChI is InChI=1S/C17H33N3/c1-5-17(15-18,19-6-2)10-8-13-20-12-7-9-16(3,4)11-14-20/h19H,5-14H2,1-4H3. The van der Waals surface area contributed by atoms with Gasteiger partial charge < -0.3 is 4.90 Å². The predicted molar refractivity (Wildman–Crippen MR) is 85.6 cm³/mol. The van der Waals surface area contributed by atoms with E-state index in [-0.39, 0.29) is 5.54 Å². The summed E-state index contributed by atoms with van der Waals surface area (Å²) < 4.78 is 0. The minimum absolute atomic E-state index is 0.306. The van der Waals surface area contributed by atoms with Crippen LogP contribution in [0.25, 0.3) is 0 Å². The van der Waals surface area contributed by atoms with Gasteiger partial charge >= 0.3 is 0 Å². The Kier molecular flexibility index (Phi) is 6.99. The van der Waals surface area contributed by atoms with Crippen LogP contribution in [-0.2, 0) is 0 Å². The van der Waals surface area contributed by atoms with Crippen LogP contribution in [0.5, 0.6) is 0 Å². The normalized spacial score (nSPS) is 22.8. The van der Waals surface area contributed by atoms with Gasteiger partial charge in [-0.25, -0.2) is 0 Å². The van der Waals surface area contributed by atoms with Gasteiger partial charge in [-0.2, -0.15) is 5.26 Å². The topological polar surface area (TPSA) is 39.1 Å². The van der Waals surface area contributed by atoms with Crippen molar-refractivity contribution in [1.82, 2.24) is 10.2 Å². The molecule has 1 fully saturated rings. The fourth-order valence-corrected chi connectivity index (χ4v) is 3.21.